The molecule has 0 amide bonds. The standard InChI is InChI=1S/C17H21ClN4/c18-14-5-3-4-13(10-14)8-9-19-16-11-17(21-12-20-16)22-15-6-1-2-7-15/h3-5,10-12,15H,1-2,6-9H2,(H2,19,20,21,22). The fourth-order valence-electron chi connectivity index (χ4n) is 2.84. The molecule has 1 aliphatic carbocycles. The molecule has 2 aromatic rings. The summed E-state index contributed by atoms with van der Waals surface area (Å²) in [5.74, 6) is 1.77. The number of hydrogen-bond donors (Lipinski definition) is 2. The van der Waals surface area contributed by atoms with E-state index in [4.69, 9.17) is 11.6 Å². The van der Waals surface area contributed by atoms with E-state index in [1.165, 1.54) is 31.2 Å². The van der Waals surface area contributed by atoms with Crippen LogP contribution in [0.25, 0.3) is 0 Å². The van der Waals surface area contributed by atoms with Crippen LogP contribution in [0.4, 0.5) is 11.6 Å². The smallest absolute Gasteiger partial charge is 0.131 e. The number of rotatable bonds is 6. The van der Waals surface area contributed by atoms with Gasteiger partial charge in [-0.1, -0.05) is 36.6 Å². The van der Waals surface area contributed by atoms with Gasteiger partial charge in [0.25, 0.3) is 0 Å². The molecule has 0 aliphatic heterocycles. The Morgan fingerprint density at radius 2 is 1.91 bits per heavy atom. The maximum Gasteiger partial charge on any atom is 0.131 e. The molecule has 0 spiro atoms. The molecular formula is C17H21ClN4. The number of halogens is 1. The van der Waals surface area contributed by atoms with Crippen LogP contribution in [0.15, 0.2) is 36.7 Å². The van der Waals surface area contributed by atoms with Gasteiger partial charge >= 0.3 is 0 Å². The molecule has 1 heterocycles. The molecule has 5 heteroatoms. The summed E-state index contributed by atoms with van der Waals surface area (Å²) in [6.45, 7) is 0.820. The first-order valence-corrected chi connectivity index (χ1v) is 8.24. The monoisotopic (exact) mass is 316 g/mol. The van der Waals surface area contributed by atoms with E-state index in [2.05, 4.69) is 26.7 Å². The third-order valence-electron chi connectivity index (χ3n) is 3.98. The summed E-state index contributed by atoms with van der Waals surface area (Å²) < 4.78 is 0. The predicted molar refractivity (Wildman–Crippen MR) is 91.6 cm³/mol. The first-order chi connectivity index (χ1) is 10.8. The summed E-state index contributed by atoms with van der Waals surface area (Å²) in [4.78, 5) is 8.58. The van der Waals surface area contributed by atoms with Crippen molar-refractivity contribution in [2.45, 2.75) is 38.1 Å². The van der Waals surface area contributed by atoms with E-state index in [1.54, 1.807) is 6.33 Å². The molecule has 2 N–H and O–H groups in total. The number of nitrogens with one attached hydrogen (secondary N) is 2. The quantitative estimate of drug-likeness (QED) is 0.841. The minimum absolute atomic E-state index is 0.564. The number of anilines is 2. The van der Waals surface area contributed by atoms with Crippen molar-refractivity contribution in [3.05, 3.63) is 47.2 Å². The highest BCUT2D eigenvalue weighted by atomic mass is 35.5. The van der Waals surface area contributed by atoms with Crippen molar-refractivity contribution in [1.82, 2.24) is 9.97 Å². The van der Waals surface area contributed by atoms with Gasteiger partial charge < -0.3 is 10.6 Å². The van der Waals surface area contributed by atoms with E-state index in [-0.39, 0.29) is 0 Å². The number of nitrogens with zero attached hydrogens (tertiary/aromatic N) is 2. The van der Waals surface area contributed by atoms with E-state index >= 15 is 0 Å². The first-order valence-electron chi connectivity index (χ1n) is 7.86. The van der Waals surface area contributed by atoms with Crippen LogP contribution in [0.2, 0.25) is 5.02 Å². The van der Waals surface area contributed by atoms with Gasteiger partial charge in [0, 0.05) is 23.7 Å². The van der Waals surface area contributed by atoms with Crippen molar-refractivity contribution in [2.75, 3.05) is 17.2 Å². The number of aromatic nitrogens is 2. The second-order valence-corrected chi connectivity index (χ2v) is 6.16. The molecular weight excluding hydrogens is 296 g/mol. The number of benzene rings is 1. The Morgan fingerprint density at radius 3 is 2.73 bits per heavy atom. The maximum atomic E-state index is 5.99. The Balaban J connectivity index is 1.51. The van der Waals surface area contributed by atoms with Gasteiger partial charge in [-0.2, -0.15) is 0 Å². The lowest BCUT2D eigenvalue weighted by Gasteiger charge is -2.13. The van der Waals surface area contributed by atoms with Crippen molar-refractivity contribution in [3.63, 3.8) is 0 Å². The SMILES string of the molecule is Clc1cccc(CCNc2cc(NC3CCCC3)ncn2)c1. The van der Waals surface area contributed by atoms with Gasteiger partial charge in [-0.05, 0) is 37.0 Å². The molecule has 3 rings (SSSR count). The molecule has 1 fully saturated rings. The van der Waals surface area contributed by atoms with Crippen LogP contribution in [-0.4, -0.2) is 22.6 Å². The lowest BCUT2D eigenvalue weighted by Crippen LogP contribution is -2.16. The highest BCUT2D eigenvalue weighted by Crippen LogP contribution is 2.22. The average Bonchev–Trinajstić information content (AvgIpc) is 3.01. The Bertz CT molecular complexity index is 611. The van der Waals surface area contributed by atoms with Crippen LogP contribution < -0.4 is 10.6 Å². The topological polar surface area (TPSA) is 49.8 Å². The molecule has 0 atom stereocenters. The van der Waals surface area contributed by atoms with Crippen LogP contribution in [0, 0.1) is 0 Å². The molecule has 22 heavy (non-hydrogen) atoms. The second-order valence-electron chi connectivity index (χ2n) is 5.72. The van der Waals surface area contributed by atoms with Gasteiger partial charge in [0.15, 0.2) is 0 Å². The fraction of sp³-hybridized carbons (Fsp3) is 0.412. The minimum atomic E-state index is 0.564. The normalized spacial score (nSPS) is 15.0. The van der Waals surface area contributed by atoms with Crippen LogP contribution in [0.1, 0.15) is 31.2 Å². The third-order valence-corrected chi connectivity index (χ3v) is 4.22. The Kier molecular flexibility index (Phi) is 5.11. The lowest BCUT2D eigenvalue weighted by atomic mass is 10.1. The van der Waals surface area contributed by atoms with Gasteiger partial charge in [-0.3, -0.25) is 0 Å². The second kappa shape index (κ2) is 7.45. The third kappa shape index (κ3) is 4.34. The van der Waals surface area contributed by atoms with Gasteiger partial charge in [-0.25, -0.2) is 9.97 Å². The summed E-state index contributed by atoms with van der Waals surface area (Å²) in [6.07, 6.45) is 7.62. The van der Waals surface area contributed by atoms with Gasteiger partial charge in [0.1, 0.15) is 18.0 Å². The zero-order valence-corrected chi connectivity index (χ0v) is 13.3. The van der Waals surface area contributed by atoms with Crippen LogP contribution in [0.5, 0.6) is 0 Å². The molecule has 4 nitrogen and oxygen atoms in total. The van der Waals surface area contributed by atoms with E-state index in [9.17, 15) is 0 Å². The number of hydrogen-bond acceptors (Lipinski definition) is 4. The highest BCUT2D eigenvalue weighted by Gasteiger charge is 2.14. The summed E-state index contributed by atoms with van der Waals surface area (Å²) in [5, 5.41) is 7.61. The Labute approximate surface area is 136 Å². The molecule has 1 aromatic carbocycles. The molecule has 116 valence electrons. The molecule has 1 aliphatic rings. The molecule has 0 radical (unpaired) electrons. The lowest BCUT2D eigenvalue weighted by molar-refractivity contribution is 0.750. The van der Waals surface area contributed by atoms with Gasteiger partial charge in [0.05, 0.1) is 0 Å². The van der Waals surface area contributed by atoms with Crippen molar-refractivity contribution >= 4 is 23.2 Å². The summed E-state index contributed by atoms with van der Waals surface area (Å²) in [7, 11) is 0. The molecule has 0 saturated heterocycles. The molecule has 1 aromatic heterocycles. The molecule has 1 saturated carbocycles. The fourth-order valence-corrected chi connectivity index (χ4v) is 3.05. The summed E-state index contributed by atoms with van der Waals surface area (Å²) >= 11 is 5.99. The average molecular weight is 317 g/mol. The van der Waals surface area contributed by atoms with Crippen LogP contribution in [-0.2, 0) is 6.42 Å². The van der Waals surface area contributed by atoms with Crippen LogP contribution in [0.3, 0.4) is 0 Å². The van der Waals surface area contributed by atoms with Gasteiger partial charge in [0.2, 0.25) is 0 Å². The summed E-state index contributed by atoms with van der Waals surface area (Å²) in [6, 6.07) is 10.5. The van der Waals surface area contributed by atoms with Gasteiger partial charge in [-0.15, -0.1) is 0 Å². The van der Waals surface area contributed by atoms with Crippen molar-refractivity contribution in [3.8, 4) is 0 Å². The summed E-state index contributed by atoms with van der Waals surface area (Å²) in [5.41, 5.74) is 1.22. The largest absolute Gasteiger partial charge is 0.370 e. The Morgan fingerprint density at radius 1 is 1.09 bits per heavy atom. The highest BCUT2D eigenvalue weighted by molar-refractivity contribution is 6.30. The zero-order chi connectivity index (χ0) is 15.2. The molecule has 0 unspecified atom stereocenters. The zero-order valence-electron chi connectivity index (χ0n) is 12.6. The van der Waals surface area contributed by atoms with Crippen LogP contribution >= 0.6 is 11.6 Å². The van der Waals surface area contributed by atoms with E-state index in [1.807, 2.05) is 24.3 Å². The van der Waals surface area contributed by atoms with E-state index < -0.39 is 0 Å². The maximum absolute atomic E-state index is 5.99. The predicted octanol–water partition coefficient (Wildman–Crippen LogP) is 4.14. The van der Waals surface area contributed by atoms with Crippen molar-refractivity contribution < 1.29 is 0 Å². The van der Waals surface area contributed by atoms with E-state index in [0.29, 0.717) is 6.04 Å². The van der Waals surface area contributed by atoms with Crippen molar-refractivity contribution in [1.29, 1.82) is 0 Å². The first kappa shape index (κ1) is 15.1. The molecule has 0 bridgehead atoms. The van der Waals surface area contributed by atoms with E-state index in [0.717, 1.165) is 29.6 Å². The van der Waals surface area contributed by atoms with Crippen molar-refractivity contribution in [2.24, 2.45) is 0 Å². The Hall–Kier alpha value is -1.81. The minimum Gasteiger partial charge on any atom is -0.370 e.